The molecule has 3 aromatic carbocycles. The standard InChI is InChI=1S/C27H25ClF2N2O4S/c1-27(2,34)25-14-32(26(31-25)13-18-10-19(29)6-9-22(18)28)20-7-4-16(5-8-20)17-11-23(30)21(15-33)24(12-17)37(35)36-3/h4-12,14,33-34H,13,15H2,1-3H3. The Balaban J connectivity index is 1.75. The summed E-state index contributed by atoms with van der Waals surface area (Å²) >= 11 is 4.34. The highest BCUT2D eigenvalue weighted by Crippen LogP contribution is 2.30. The van der Waals surface area contributed by atoms with Gasteiger partial charge >= 0.3 is 0 Å². The van der Waals surface area contributed by atoms with Crippen molar-refractivity contribution in [2.45, 2.75) is 37.4 Å². The second-order valence-corrected chi connectivity index (χ2v) is 10.6. The summed E-state index contributed by atoms with van der Waals surface area (Å²) in [6.07, 6.45) is 1.92. The summed E-state index contributed by atoms with van der Waals surface area (Å²) in [7, 11) is 1.23. The Kier molecular flexibility index (Phi) is 7.91. The molecule has 0 aliphatic rings. The first-order valence-electron chi connectivity index (χ1n) is 11.3. The number of nitrogens with zero attached hydrogens (tertiary/aromatic N) is 2. The molecule has 194 valence electrons. The maximum atomic E-state index is 14.6. The predicted molar refractivity (Wildman–Crippen MR) is 138 cm³/mol. The molecule has 1 atom stereocenters. The molecule has 1 unspecified atom stereocenters. The Morgan fingerprint density at radius 3 is 2.41 bits per heavy atom. The number of aliphatic hydroxyl groups excluding tert-OH is 1. The van der Waals surface area contributed by atoms with Crippen LogP contribution in [0, 0.1) is 11.6 Å². The minimum atomic E-state index is -1.94. The van der Waals surface area contributed by atoms with E-state index in [1.54, 1.807) is 48.9 Å². The van der Waals surface area contributed by atoms with Crippen molar-refractivity contribution in [3.05, 3.63) is 100 Å². The number of hydrogen-bond acceptors (Lipinski definition) is 5. The third kappa shape index (κ3) is 5.81. The summed E-state index contributed by atoms with van der Waals surface area (Å²) < 4.78 is 47.4. The normalized spacial score (nSPS) is 12.6. The molecule has 0 bridgehead atoms. The van der Waals surface area contributed by atoms with Crippen LogP contribution in [0.15, 0.2) is 65.7 Å². The van der Waals surface area contributed by atoms with Crippen LogP contribution < -0.4 is 0 Å². The summed E-state index contributed by atoms with van der Waals surface area (Å²) in [6.45, 7) is 2.62. The highest BCUT2D eigenvalue weighted by atomic mass is 35.5. The molecule has 2 N–H and O–H groups in total. The lowest BCUT2D eigenvalue weighted by atomic mass is 10.0. The zero-order chi connectivity index (χ0) is 26.9. The third-order valence-electron chi connectivity index (χ3n) is 5.88. The zero-order valence-electron chi connectivity index (χ0n) is 20.3. The van der Waals surface area contributed by atoms with Gasteiger partial charge in [0.15, 0.2) is 11.1 Å². The van der Waals surface area contributed by atoms with Crippen molar-refractivity contribution in [1.29, 1.82) is 0 Å². The maximum Gasteiger partial charge on any atom is 0.189 e. The Morgan fingerprint density at radius 1 is 1.08 bits per heavy atom. The molecule has 0 saturated carbocycles. The van der Waals surface area contributed by atoms with Gasteiger partial charge in [-0.3, -0.25) is 4.18 Å². The third-order valence-corrected chi connectivity index (χ3v) is 7.28. The van der Waals surface area contributed by atoms with Gasteiger partial charge in [-0.1, -0.05) is 23.7 Å². The summed E-state index contributed by atoms with van der Waals surface area (Å²) in [5.41, 5.74) is 1.46. The Morgan fingerprint density at radius 2 is 1.78 bits per heavy atom. The van der Waals surface area contributed by atoms with Crippen LogP contribution in [0.25, 0.3) is 16.8 Å². The molecule has 0 saturated heterocycles. The Labute approximate surface area is 220 Å². The number of aliphatic hydroxyl groups is 2. The van der Waals surface area contributed by atoms with E-state index in [9.17, 15) is 23.2 Å². The number of benzene rings is 3. The highest BCUT2D eigenvalue weighted by molar-refractivity contribution is 7.80. The van der Waals surface area contributed by atoms with E-state index in [1.807, 2.05) is 0 Å². The van der Waals surface area contributed by atoms with E-state index in [-0.39, 0.29) is 16.9 Å². The van der Waals surface area contributed by atoms with Crippen molar-refractivity contribution in [3.63, 3.8) is 0 Å². The van der Waals surface area contributed by atoms with E-state index >= 15 is 0 Å². The molecule has 0 spiro atoms. The molecule has 0 amide bonds. The van der Waals surface area contributed by atoms with E-state index in [0.717, 1.165) is 0 Å². The Bertz CT molecular complexity index is 1470. The fraction of sp³-hybridized carbons (Fsp3) is 0.222. The monoisotopic (exact) mass is 546 g/mol. The van der Waals surface area contributed by atoms with Gasteiger partial charge in [-0.15, -0.1) is 0 Å². The molecule has 1 aromatic heterocycles. The lowest BCUT2D eigenvalue weighted by Crippen LogP contribution is -2.15. The molecular formula is C27H25ClF2N2O4S. The second-order valence-electron chi connectivity index (χ2n) is 8.93. The van der Waals surface area contributed by atoms with Crippen molar-refractivity contribution in [2.24, 2.45) is 0 Å². The summed E-state index contributed by atoms with van der Waals surface area (Å²) in [4.78, 5) is 4.64. The number of aromatic nitrogens is 2. The molecule has 1 heterocycles. The minimum Gasteiger partial charge on any atom is -0.392 e. The number of rotatable bonds is 8. The molecule has 10 heteroatoms. The van der Waals surface area contributed by atoms with E-state index in [0.29, 0.717) is 38.9 Å². The lowest BCUT2D eigenvalue weighted by Gasteiger charge is -2.13. The highest BCUT2D eigenvalue weighted by Gasteiger charge is 2.23. The molecule has 4 rings (SSSR count). The van der Waals surface area contributed by atoms with Crippen molar-refractivity contribution in [1.82, 2.24) is 9.55 Å². The molecule has 4 aromatic rings. The van der Waals surface area contributed by atoms with Gasteiger partial charge in [-0.05, 0) is 73.0 Å². The number of imidazole rings is 1. The van der Waals surface area contributed by atoms with Crippen LogP contribution in [-0.2, 0) is 33.9 Å². The van der Waals surface area contributed by atoms with E-state index < -0.39 is 34.9 Å². The minimum absolute atomic E-state index is 0.0581. The van der Waals surface area contributed by atoms with Gasteiger partial charge in [0.2, 0.25) is 0 Å². The molecule has 37 heavy (non-hydrogen) atoms. The Hall–Kier alpha value is -2.95. The van der Waals surface area contributed by atoms with Gasteiger partial charge in [0.1, 0.15) is 23.1 Å². The SMILES string of the molecule is COS(=O)c1cc(-c2ccc(-n3cc(C(C)(C)O)nc3Cc3cc(F)ccc3Cl)cc2)cc(F)c1CO. The first-order chi connectivity index (χ1) is 17.5. The molecule has 6 nitrogen and oxygen atoms in total. The predicted octanol–water partition coefficient (Wildman–Crippen LogP) is 5.45. The van der Waals surface area contributed by atoms with E-state index in [2.05, 4.69) is 4.98 Å². The molecule has 0 radical (unpaired) electrons. The van der Waals surface area contributed by atoms with Crippen molar-refractivity contribution in [3.8, 4) is 16.8 Å². The van der Waals surface area contributed by atoms with Crippen molar-refractivity contribution < 1.29 is 27.4 Å². The number of hydrogen-bond donors (Lipinski definition) is 2. The van der Waals surface area contributed by atoms with Crippen LogP contribution in [0.2, 0.25) is 5.02 Å². The van der Waals surface area contributed by atoms with E-state index in [4.69, 9.17) is 15.8 Å². The van der Waals surface area contributed by atoms with Crippen LogP contribution in [0.5, 0.6) is 0 Å². The fourth-order valence-electron chi connectivity index (χ4n) is 3.90. The maximum absolute atomic E-state index is 14.6. The van der Waals surface area contributed by atoms with Crippen molar-refractivity contribution in [2.75, 3.05) is 7.11 Å². The summed E-state index contributed by atoms with van der Waals surface area (Å²) in [5, 5.41) is 20.4. The van der Waals surface area contributed by atoms with Gasteiger partial charge in [-0.25, -0.2) is 18.0 Å². The van der Waals surface area contributed by atoms with Gasteiger partial charge in [0.25, 0.3) is 0 Å². The number of halogens is 3. The smallest absolute Gasteiger partial charge is 0.189 e. The van der Waals surface area contributed by atoms with Gasteiger partial charge < -0.3 is 14.8 Å². The molecule has 0 fully saturated rings. The molecule has 0 aliphatic heterocycles. The van der Waals surface area contributed by atoms with Gasteiger partial charge in [-0.2, -0.15) is 0 Å². The summed E-state index contributed by atoms with van der Waals surface area (Å²) in [5.74, 6) is -0.575. The lowest BCUT2D eigenvalue weighted by molar-refractivity contribution is 0.0741. The first-order valence-corrected chi connectivity index (χ1v) is 12.7. The van der Waals surface area contributed by atoms with Gasteiger partial charge in [0, 0.05) is 28.9 Å². The first kappa shape index (κ1) is 27.1. The zero-order valence-corrected chi connectivity index (χ0v) is 21.9. The van der Waals surface area contributed by atoms with Crippen LogP contribution in [-0.4, -0.2) is 31.1 Å². The largest absolute Gasteiger partial charge is 0.392 e. The van der Waals surface area contributed by atoms with Crippen molar-refractivity contribution >= 4 is 22.7 Å². The summed E-state index contributed by atoms with van der Waals surface area (Å²) in [6, 6.07) is 14.0. The fourth-order valence-corrected chi connectivity index (χ4v) is 4.85. The second kappa shape index (κ2) is 10.8. The average Bonchev–Trinajstić information content (AvgIpc) is 3.30. The van der Waals surface area contributed by atoms with Crippen LogP contribution in [0.4, 0.5) is 8.78 Å². The topological polar surface area (TPSA) is 84.6 Å². The van der Waals surface area contributed by atoms with Crippen LogP contribution in [0.1, 0.15) is 36.5 Å². The molecular weight excluding hydrogens is 522 g/mol. The van der Waals surface area contributed by atoms with Crippen LogP contribution in [0.3, 0.4) is 0 Å². The van der Waals surface area contributed by atoms with Crippen LogP contribution >= 0.6 is 11.6 Å². The quantitative estimate of drug-likeness (QED) is 0.307. The molecule has 0 aliphatic carbocycles. The van der Waals surface area contributed by atoms with E-state index in [1.165, 1.54) is 37.4 Å². The van der Waals surface area contributed by atoms with Gasteiger partial charge in [0.05, 0.1) is 24.3 Å². The average molecular weight is 547 g/mol.